The van der Waals surface area contributed by atoms with E-state index in [0.29, 0.717) is 5.75 Å². The van der Waals surface area contributed by atoms with Gasteiger partial charge in [0.1, 0.15) is 5.75 Å². The van der Waals surface area contributed by atoms with Crippen LogP contribution in [0.15, 0.2) is 18.2 Å². The number of carbonyl (C=O) groups is 1. The molecule has 1 heterocycles. The van der Waals surface area contributed by atoms with E-state index in [1.807, 2.05) is 13.1 Å². The van der Waals surface area contributed by atoms with Crippen molar-refractivity contribution in [2.24, 2.45) is 0 Å². The highest BCUT2D eigenvalue weighted by molar-refractivity contribution is 7.99. The van der Waals surface area contributed by atoms with Crippen molar-refractivity contribution in [2.75, 3.05) is 18.6 Å². The Morgan fingerprint density at radius 1 is 1.61 bits per heavy atom. The van der Waals surface area contributed by atoms with E-state index in [1.54, 1.807) is 18.4 Å². The van der Waals surface area contributed by atoms with Gasteiger partial charge in [0.25, 0.3) is 0 Å². The zero-order valence-electron chi connectivity index (χ0n) is 9.84. The molecule has 5 nitrogen and oxygen atoms in total. The maximum Gasteiger partial charge on any atom is 0.355 e. The van der Waals surface area contributed by atoms with Crippen molar-refractivity contribution in [2.45, 2.75) is 5.44 Å². The smallest absolute Gasteiger partial charge is 0.355 e. The molecule has 0 radical (unpaired) electrons. The Bertz CT molecular complexity index is 570. The summed E-state index contributed by atoms with van der Waals surface area (Å²) < 4.78 is 6.36. The number of carboxylic acid groups (broad SMARTS) is 1. The molecule has 0 aliphatic rings. The SMILES string of the molecule is CNc1nc2ccc(OC(SC)C(=O)O)cc2s1. The first-order valence-corrected chi connectivity index (χ1v) is 7.25. The zero-order chi connectivity index (χ0) is 13.1. The van der Waals surface area contributed by atoms with Gasteiger partial charge < -0.3 is 15.2 Å². The molecule has 1 aromatic carbocycles. The van der Waals surface area contributed by atoms with E-state index in [9.17, 15) is 4.79 Å². The average molecular weight is 284 g/mol. The second-order valence-electron chi connectivity index (χ2n) is 3.42. The van der Waals surface area contributed by atoms with Gasteiger partial charge in [0.15, 0.2) is 5.13 Å². The summed E-state index contributed by atoms with van der Waals surface area (Å²) in [6.45, 7) is 0. The number of rotatable bonds is 5. The monoisotopic (exact) mass is 284 g/mol. The number of nitrogens with one attached hydrogen (secondary N) is 1. The van der Waals surface area contributed by atoms with Gasteiger partial charge in [0.05, 0.1) is 10.2 Å². The quantitative estimate of drug-likeness (QED) is 0.822. The highest BCUT2D eigenvalue weighted by Gasteiger charge is 2.17. The number of aliphatic carboxylic acids is 1. The van der Waals surface area contributed by atoms with Crippen LogP contribution in [0, 0.1) is 0 Å². The van der Waals surface area contributed by atoms with Crippen molar-refractivity contribution in [1.82, 2.24) is 4.98 Å². The molecule has 0 aliphatic carbocycles. The molecule has 2 aromatic rings. The molecule has 1 unspecified atom stereocenters. The van der Waals surface area contributed by atoms with Crippen LogP contribution >= 0.6 is 23.1 Å². The lowest BCUT2D eigenvalue weighted by Crippen LogP contribution is -2.22. The van der Waals surface area contributed by atoms with Crippen LogP contribution in [-0.2, 0) is 4.79 Å². The third-order valence-corrected chi connectivity index (χ3v) is 3.99. The summed E-state index contributed by atoms with van der Waals surface area (Å²) in [5.74, 6) is -0.446. The zero-order valence-corrected chi connectivity index (χ0v) is 11.5. The molecule has 0 bridgehead atoms. The number of nitrogens with zero attached hydrogens (tertiary/aromatic N) is 1. The van der Waals surface area contributed by atoms with Gasteiger partial charge in [-0.05, 0) is 24.5 Å². The molecule has 18 heavy (non-hydrogen) atoms. The fraction of sp³-hybridized carbons (Fsp3) is 0.273. The maximum absolute atomic E-state index is 10.9. The Morgan fingerprint density at radius 3 is 3.00 bits per heavy atom. The molecule has 0 spiro atoms. The van der Waals surface area contributed by atoms with E-state index in [4.69, 9.17) is 9.84 Å². The summed E-state index contributed by atoms with van der Waals surface area (Å²) in [5.41, 5.74) is -0.0214. The van der Waals surface area contributed by atoms with Gasteiger partial charge in [0, 0.05) is 7.05 Å². The second-order valence-corrected chi connectivity index (χ2v) is 5.35. The molecule has 0 saturated carbocycles. The number of thiazole rings is 1. The number of aromatic nitrogens is 1. The summed E-state index contributed by atoms with van der Waals surface area (Å²) in [7, 11) is 1.81. The third-order valence-electron chi connectivity index (χ3n) is 2.23. The summed E-state index contributed by atoms with van der Waals surface area (Å²) in [6, 6.07) is 5.36. The van der Waals surface area contributed by atoms with Gasteiger partial charge in [0.2, 0.25) is 5.44 Å². The number of anilines is 1. The number of ether oxygens (including phenoxy) is 1. The third kappa shape index (κ3) is 2.68. The number of hydrogen-bond acceptors (Lipinski definition) is 6. The lowest BCUT2D eigenvalue weighted by atomic mass is 10.3. The second kappa shape index (κ2) is 5.45. The molecule has 0 aliphatic heterocycles. The Balaban J connectivity index is 2.26. The van der Waals surface area contributed by atoms with Gasteiger partial charge >= 0.3 is 5.97 Å². The Kier molecular flexibility index (Phi) is 3.93. The van der Waals surface area contributed by atoms with E-state index in [2.05, 4.69) is 10.3 Å². The highest BCUT2D eigenvalue weighted by atomic mass is 32.2. The maximum atomic E-state index is 10.9. The van der Waals surface area contributed by atoms with Crippen LogP contribution in [0.5, 0.6) is 5.75 Å². The van der Waals surface area contributed by atoms with Crippen molar-refractivity contribution in [1.29, 1.82) is 0 Å². The number of carboxylic acids is 1. The molecule has 2 N–H and O–H groups in total. The van der Waals surface area contributed by atoms with E-state index >= 15 is 0 Å². The van der Waals surface area contributed by atoms with Crippen molar-refractivity contribution < 1.29 is 14.6 Å². The molecule has 0 fully saturated rings. The van der Waals surface area contributed by atoms with Crippen LogP contribution in [0.3, 0.4) is 0 Å². The standard InChI is InChI=1S/C11H12N2O3S2/c1-12-11-13-7-4-3-6(5-8(7)18-11)16-10(17-2)9(14)15/h3-5,10H,1-2H3,(H,12,13)(H,14,15). The Labute approximate surface area is 112 Å². The first-order valence-electron chi connectivity index (χ1n) is 5.14. The van der Waals surface area contributed by atoms with Crippen LogP contribution in [0.1, 0.15) is 0 Å². The van der Waals surface area contributed by atoms with Crippen LogP contribution < -0.4 is 10.1 Å². The predicted molar refractivity (Wildman–Crippen MR) is 74.7 cm³/mol. The molecule has 96 valence electrons. The largest absolute Gasteiger partial charge is 0.478 e. The summed E-state index contributed by atoms with van der Waals surface area (Å²) in [5, 5.41) is 12.7. The van der Waals surface area contributed by atoms with Gasteiger partial charge in [-0.2, -0.15) is 0 Å². The fourth-order valence-electron chi connectivity index (χ4n) is 1.41. The van der Waals surface area contributed by atoms with Crippen molar-refractivity contribution in [3.05, 3.63) is 18.2 Å². The number of thioether (sulfide) groups is 1. The van der Waals surface area contributed by atoms with Crippen molar-refractivity contribution in [3.8, 4) is 5.75 Å². The van der Waals surface area contributed by atoms with Crippen LogP contribution in [0.4, 0.5) is 5.13 Å². The average Bonchev–Trinajstić information content (AvgIpc) is 2.77. The Hall–Kier alpha value is -1.47. The first kappa shape index (κ1) is 13.0. The number of benzene rings is 1. The predicted octanol–water partition coefficient (Wildman–Crippen LogP) is 2.49. The van der Waals surface area contributed by atoms with E-state index in [0.717, 1.165) is 27.1 Å². The molecule has 0 amide bonds. The van der Waals surface area contributed by atoms with E-state index in [1.165, 1.54) is 11.3 Å². The van der Waals surface area contributed by atoms with E-state index in [-0.39, 0.29) is 0 Å². The summed E-state index contributed by atoms with van der Waals surface area (Å²) in [6.07, 6.45) is 1.70. The minimum atomic E-state index is -0.984. The lowest BCUT2D eigenvalue weighted by molar-refractivity contribution is -0.140. The first-order chi connectivity index (χ1) is 8.63. The number of hydrogen-bond donors (Lipinski definition) is 2. The topological polar surface area (TPSA) is 71.5 Å². The Morgan fingerprint density at radius 2 is 2.39 bits per heavy atom. The van der Waals surface area contributed by atoms with Gasteiger partial charge in [-0.25, -0.2) is 9.78 Å². The molecule has 1 atom stereocenters. The van der Waals surface area contributed by atoms with Gasteiger partial charge in [-0.3, -0.25) is 0 Å². The minimum Gasteiger partial charge on any atom is -0.478 e. The minimum absolute atomic E-state index is 0.538. The van der Waals surface area contributed by atoms with Gasteiger partial charge in [-0.1, -0.05) is 11.3 Å². The molecular weight excluding hydrogens is 272 g/mol. The summed E-state index contributed by atoms with van der Waals surface area (Å²) in [4.78, 5) is 15.2. The molecule has 1 aromatic heterocycles. The lowest BCUT2D eigenvalue weighted by Gasteiger charge is -2.12. The van der Waals surface area contributed by atoms with Gasteiger partial charge in [-0.15, -0.1) is 11.8 Å². The van der Waals surface area contributed by atoms with Crippen LogP contribution in [0.25, 0.3) is 10.2 Å². The highest BCUT2D eigenvalue weighted by Crippen LogP contribution is 2.29. The fourth-order valence-corrected chi connectivity index (χ4v) is 2.66. The van der Waals surface area contributed by atoms with Crippen LogP contribution in [0.2, 0.25) is 0 Å². The van der Waals surface area contributed by atoms with Crippen molar-refractivity contribution >= 4 is 44.4 Å². The molecule has 2 rings (SSSR count). The molecular formula is C11H12N2O3S2. The number of fused-ring (bicyclic) bond motifs is 1. The summed E-state index contributed by atoms with van der Waals surface area (Å²) >= 11 is 2.64. The van der Waals surface area contributed by atoms with E-state index < -0.39 is 11.4 Å². The molecule has 0 saturated heterocycles. The molecule has 7 heteroatoms. The normalized spacial score (nSPS) is 12.3. The van der Waals surface area contributed by atoms with Crippen molar-refractivity contribution in [3.63, 3.8) is 0 Å². The van der Waals surface area contributed by atoms with Crippen LogP contribution in [-0.4, -0.2) is 34.8 Å².